The molecule has 0 aliphatic carbocycles. The Balaban J connectivity index is 1.61. The molecular formula is C30H32Cl2N4O3. The third kappa shape index (κ3) is 5.69. The lowest BCUT2D eigenvalue weighted by Crippen LogP contribution is -2.62. The minimum atomic E-state index is -1.27. The third-order valence-corrected chi connectivity index (χ3v) is 7.94. The van der Waals surface area contributed by atoms with Crippen LogP contribution in [0, 0.1) is 0 Å². The standard InChI is InChI=1S/C30H32Cl2N4O3/c1-2-39-26-6-4-3-5-25(26)30(29(38)36-17-15-35(16-18-36)19-20-37)33-27(21-7-11-23(31)12-8-21)28(34-30)22-9-13-24(32)14-10-22/h3-14,20,27-28,33-34H,2,15-19H2,1H3/t27-,28+,30?. The summed E-state index contributed by atoms with van der Waals surface area (Å²) in [7, 11) is 0. The van der Waals surface area contributed by atoms with Gasteiger partial charge in [0.15, 0.2) is 5.66 Å². The Morgan fingerprint density at radius 2 is 1.44 bits per heavy atom. The van der Waals surface area contributed by atoms with E-state index < -0.39 is 5.66 Å². The molecule has 0 saturated carbocycles. The number of carbonyl (C=O) groups excluding carboxylic acids is 2. The highest BCUT2D eigenvalue weighted by Crippen LogP contribution is 2.44. The molecule has 0 radical (unpaired) electrons. The Hall–Kier alpha value is -2.94. The number of amides is 1. The van der Waals surface area contributed by atoms with Crippen LogP contribution in [0.1, 0.15) is 35.7 Å². The normalized spacial score (nSPS) is 23.5. The van der Waals surface area contributed by atoms with E-state index in [1.807, 2.05) is 84.6 Å². The number of nitrogens with one attached hydrogen (secondary N) is 2. The van der Waals surface area contributed by atoms with Crippen LogP contribution in [0.3, 0.4) is 0 Å². The summed E-state index contributed by atoms with van der Waals surface area (Å²) in [5.74, 6) is 0.551. The molecule has 2 aliphatic heterocycles. The van der Waals surface area contributed by atoms with Crippen molar-refractivity contribution in [1.82, 2.24) is 20.4 Å². The number of nitrogens with zero attached hydrogens (tertiary/aromatic N) is 2. The van der Waals surface area contributed by atoms with Gasteiger partial charge in [0, 0.05) is 41.8 Å². The Morgan fingerprint density at radius 3 is 1.95 bits per heavy atom. The van der Waals surface area contributed by atoms with Crippen molar-refractivity contribution >= 4 is 35.4 Å². The van der Waals surface area contributed by atoms with Crippen molar-refractivity contribution in [3.63, 3.8) is 0 Å². The maximum absolute atomic E-state index is 14.6. The summed E-state index contributed by atoms with van der Waals surface area (Å²) in [6.07, 6.45) is 0.908. The van der Waals surface area contributed by atoms with Crippen LogP contribution in [0.15, 0.2) is 72.8 Å². The van der Waals surface area contributed by atoms with Gasteiger partial charge in [0.25, 0.3) is 5.91 Å². The molecule has 2 N–H and O–H groups in total. The molecule has 7 nitrogen and oxygen atoms in total. The van der Waals surface area contributed by atoms with Crippen molar-refractivity contribution in [2.75, 3.05) is 39.3 Å². The SMILES string of the molecule is CCOc1ccccc1C1(C(=O)N2CCN(CC=O)CC2)N[C@H](c2ccc(Cl)cc2)[C@H](c2ccc(Cl)cc2)N1. The van der Waals surface area contributed by atoms with E-state index >= 15 is 0 Å². The molecule has 0 bridgehead atoms. The highest BCUT2D eigenvalue weighted by Gasteiger charge is 2.54. The highest BCUT2D eigenvalue weighted by molar-refractivity contribution is 6.30. The van der Waals surface area contributed by atoms with Crippen LogP contribution in [0.5, 0.6) is 5.75 Å². The Morgan fingerprint density at radius 1 is 0.897 bits per heavy atom. The quantitative estimate of drug-likeness (QED) is 0.389. The molecule has 1 unspecified atom stereocenters. The van der Waals surface area contributed by atoms with Gasteiger partial charge in [-0.05, 0) is 48.4 Å². The molecule has 2 heterocycles. The number of benzene rings is 3. The van der Waals surface area contributed by atoms with Gasteiger partial charge in [0.1, 0.15) is 12.0 Å². The average molecular weight is 568 g/mol. The summed E-state index contributed by atoms with van der Waals surface area (Å²) in [6.45, 7) is 5.07. The first-order chi connectivity index (χ1) is 18.9. The number of para-hydroxylation sites is 1. The van der Waals surface area contributed by atoms with Crippen LogP contribution in [-0.4, -0.2) is 61.3 Å². The number of aldehydes is 1. The molecule has 9 heteroatoms. The predicted octanol–water partition coefficient (Wildman–Crippen LogP) is 4.56. The van der Waals surface area contributed by atoms with E-state index in [1.165, 1.54) is 0 Å². The average Bonchev–Trinajstić information content (AvgIpc) is 3.36. The van der Waals surface area contributed by atoms with Gasteiger partial charge in [-0.25, -0.2) is 0 Å². The van der Waals surface area contributed by atoms with Crippen molar-refractivity contribution in [1.29, 1.82) is 0 Å². The first kappa shape index (κ1) is 27.6. The molecule has 3 aromatic rings. The number of hydrogen-bond acceptors (Lipinski definition) is 6. The number of halogens is 2. The molecule has 5 rings (SSSR count). The molecular weight excluding hydrogens is 535 g/mol. The number of carbonyl (C=O) groups is 2. The fourth-order valence-corrected chi connectivity index (χ4v) is 5.75. The fourth-order valence-electron chi connectivity index (χ4n) is 5.49. The van der Waals surface area contributed by atoms with E-state index in [0.717, 1.165) is 23.0 Å². The molecule has 2 aliphatic rings. The van der Waals surface area contributed by atoms with Crippen molar-refractivity contribution in [3.05, 3.63) is 99.5 Å². The Bertz CT molecular complexity index is 1240. The van der Waals surface area contributed by atoms with E-state index in [0.29, 0.717) is 55.1 Å². The molecule has 3 atom stereocenters. The van der Waals surface area contributed by atoms with Crippen LogP contribution in [0.25, 0.3) is 0 Å². The molecule has 0 spiro atoms. The molecule has 39 heavy (non-hydrogen) atoms. The zero-order valence-corrected chi connectivity index (χ0v) is 23.3. The summed E-state index contributed by atoms with van der Waals surface area (Å²) in [5, 5.41) is 8.73. The number of hydrogen-bond donors (Lipinski definition) is 2. The molecule has 0 aromatic heterocycles. The van der Waals surface area contributed by atoms with E-state index in [9.17, 15) is 9.59 Å². The van der Waals surface area contributed by atoms with Gasteiger partial charge in [0.05, 0.1) is 25.2 Å². The second-order valence-corrected chi connectivity index (χ2v) is 10.7. The molecule has 3 aromatic carbocycles. The summed E-state index contributed by atoms with van der Waals surface area (Å²) in [6, 6.07) is 22.5. The molecule has 1 amide bonds. The second kappa shape index (κ2) is 12.1. The zero-order valence-electron chi connectivity index (χ0n) is 21.8. The summed E-state index contributed by atoms with van der Waals surface area (Å²) in [5.41, 5.74) is 1.44. The molecule has 2 saturated heterocycles. The van der Waals surface area contributed by atoms with Crippen molar-refractivity contribution in [2.24, 2.45) is 0 Å². The van der Waals surface area contributed by atoms with Crippen LogP contribution < -0.4 is 15.4 Å². The number of rotatable bonds is 8. The maximum atomic E-state index is 14.6. The van der Waals surface area contributed by atoms with Crippen LogP contribution in [0.2, 0.25) is 10.0 Å². The zero-order chi connectivity index (χ0) is 27.4. The van der Waals surface area contributed by atoms with Gasteiger partial charge in [0.2, 0.25) is 0 Å². The summed E-state index contributed by atoms with van der Waals surface area (Å²) < 4.78 is 6.04. The first-order valence-electron chi connectivity index (χ1n) is 13.2. The van der Waals surface area contributed by atoms with Gasteiger partial charge in [-0.1, -0.05) is 65.7 Å². The lowest BCUT2D eigenvalue weighted by molar-refractivity contribution is -0.141. The van der Waals surface area contributed by atoms with E-state index in [4.69, 9.17) is 27.9 Å². The summed E-state index contributed by atoms with van der Waals surface area (Å²) >= 11 is 12.5. The topological polar surface area (TPSA) is 73.9 Å². The van der Waals surface area contributed by atoms with E-state index in [1.54, 1.807) is 0 Å². The van der Waals surface area contributed by atoms with Gasteiger partial charge in [-0.15, -0.1) is 0 Å². The van der Waals surface area contributed by atoms with Crippen molar-refractivity contribution in [2.45, 2.75) is 24.7 Å². The van der Waals surface area contributed by atoms with E-state index in [-0.39, 0.29) is 18.0 Å². The predicted molar refractivity (Wildman–Crippen MR) is 153 cm³/mol. The van der Waals surface area contributed by atoms with Gasteiger partial charge < -0.3 is 14.4 Å². The maximum Gasteiger partial charge on any atom is 0.262 e. The minimum Gasteiger partial charge on any atom is -0.493 e. The minimum absolute atomic E-state index is 0.0872. The first-order valence-corrected chi connectivity index (χ1v) is 13.9. The van der Waals surface area contributed by atoms with Gasteiger partial charge in [-0.3, -0.25) is 20.3 Å². The second-order valence-electron chi connectivity index (χ2n) is 9.79. The van der Waals surface area contributed by atoms with Crippen molar-refractivity contribution in [3.8, 4) is 5.75 Å². The molecule has 204 valence electrons. The van der Waals surface area contributed by atoms with Gasteiger partial charge in [-0.2, -0.15) is 0 Å². The molecule has 2 fully saturated rings. The lowest BCUT2D eigenvalue weighted by Gasteiger charge is -2.40. The summed E-state index contributed by atoms with van der Waals surface area (Å²) in [4.78, 5) is 29.6. The largest absolute Gasteiger partial charge is 0.493 e. The Labute approximate surface area is 239 Å². The smallest absolute Gasteiger partial charge is 0.262 e. The highest BCUT2D eigenvalue weighted by atomic mass is 35.5. The van der Waals surface area contributed by atoms with Crippen molar-refractivity contribution < 1.29 is 14.3 Å². The fraction of sp³-hybridized carbons (Fsp3) is 0.333. The van der Waals surface area contributed by atoms with Crippen LogP contribution in [-0.2, 0) is 15.3 Å². The monoisotopic (exact) mass is 566 g/mol. The Kier molecular flexibility index (Phi) is 8.54. The lowest BCUT2D eigenvalue weighted by atomic mass is 9.95. The van der Waals surface area contributed by atoms with E-state index in [2.05, 4.69) is 15.5 Å². The third-order valence-electron chi connectivity index (χ3n) is 7.44. The van der Waals surface area contributed by atoms with Gasteiger partial charge >= 0.3 is 0 Å². The van der Waals surface area contributed by atoms with Crippen LogP contribution >= 0.6 is 23.2 Å². The number of piperazine rings is 1. The number of ether oxygens (including phenoxy) is 1. The van der Waals surface area contributed by atoms with Crippen LogP contribution in [0.4, 0.5) is 0 Å².